The lowest BCUT2D eigenvalue weighted by Crippen LogP contribution is -2.42. The van der Waals surface area contributed by atoms with Gasteiger partial charge in [-0.2, -0.15) is 0 Å². The molecule has 4 heteroatoms. The molecule has 1 aromatic carbocycles. The molecule has 0 fully saturated rings. The molecule has 0 spiro atoms. The number of hydrogen-bond acceptors (Lipinski definition) is 3. The minimum atomic E-state index is -1.01. The molecular weight excluding hydrogens is 282 g/mol. The van der Waals surface area contributed by atoms with Crippen LogP contribution in [0.3, 0.4) is 0 Å². The van der Waals surface area contributed by atoms with Crippen LogP contribution in [0, 0.1) is 0 Å². The highest BCUT2D eigenvalue weighted by Crippen LogP contribution is 2.22. The Morgan fingerprint density at radius 2 is 2.00 bits per heavy atom. The predicted molar refractivity (Wildman–Crippen MR) is 90.5 cm³/mol. The molecule has 0 heterocycles. The number of methoxy groups -OCH3 is 1. The van der Waals surface area contributed by atoms with E-state index in [2.05, 4.69) is 26.1 Å². The molecule has 0 aliphatic rings. The van der Waals surface area contributed by atoms with E-state index in [1.807, 2.05) is 24.3 Å². The second-order valence-corrected chi connectivity index (χ2v) is 6.94. The fourth-order valence-electron chi connectivity index (χ4n) is 2.55. The third kappa shape index (κ3) is 5.44. The molecule has 0 aliphatic heterocycles. The number of ether oxygens (including phenoxy) is 1. The van der Waals surface area contributed by atoms with Gasteiger partial charge in [0, 0.05) is 10.9 Å². The van der Waals surface area contributed by atoms with Gasteiger partial charge in [-0.3, -0.25) is 4.21 Å². The summed E-state index contributed by atoms with van der Waals surface area (Å²) in [5, 5.41) is 3.72. The molecule has 3 atom stereocenters. The topological polar surface area (TPSA) is 38.3 Å². The van der Waals surface area contributed by atoms with Gasteiger partial charge in [-0.25, -0.2) is 0 Å². The highest BCUT2D eigenvalue weighted by atomic mass is 32.2. The van der Waals surface area contributed by atoms with Crippen molar-refractivity contribution in [2.24, 2.45) is 0 Å². The Hall–Kier alpha value is -0.870. The molecule has 120 valence electrons. The number of hydrogen-bond donors (Lipinski definition) is 1. The fourth-order valence-corrected chi connectivity index (χ4v) is 4.17. The summed E-state index contributed by atoms with van der Waals surface area (Å²) in [6.07, 6.45) is 4.18. The molecule has 0 saturated carbocycles. The summed E-state index contributed by atoms with van der Waals surface area (Å²) in [6.45, 7) is 7.45. The fraction of sp³-hybridized carbons (Fsp3) is 0.647. The van der Waals surface area contributed by atoms with Crippen molar-refractivity contribution in [3.63, 3.8) is 0 Å². The molecule has 0 aromatic heterocycles. The number of benzene rings is 1. The van der Waals surface area contributed by atoms with Crippen LogP contribution in [-0.4, -0.2) is 29.2 Å². The van der Waals surface area contributed by atoms with Crippen molar-refractivity contribution in [3.05, 3.63) is 24.3 Å². The van der Waals surface area contributed by atoms with E-state index in [0.717, 1.165) is 42.9 Å². The van der Waals surface area contributed by atoms with E-state index in [4.69, 9.17) is 4.74 Å². The second-order valence-electron chi connectivity index (χ2n) is 5.27. The van der Waals surface area contributed by atoms with Crippen LogP contribution in [0.25, 0.3) is 0 Å². The molecule has 3 unspecified atom stereocenters. The maximum Gasteiger partial charge on any atom is 0.120 e. The van der Waals surface area contributed by atoms with E-state index in [-0.39, 0.29) is 5.25 Å². The van der Waals surface area contributed by atoms with Gasteiger partial charge in [0.05, 0.1) is 23.2 Å². The summed E-state index contributed by atoms with van der Waals surface area (Å²) in [5.74, 6) is 0.768. The molecule has 0 aliphatic carbocycles. The molecule has 3 nitrogen and oxygen atoms in total. The van der Waals surface area contributed by atoms with E-state index in [0.29, 0.717) is 6.04 Å². The molecule has 21 heavy (non-hydrogen) atoms. The molecule has 0 bridgehead atoms. The average molecular weight is 311 g/mol. The van der Waals surface area contributed by atoms with Crippen molar-refractivity contribution in [3.8, 4) is 5.75 Å². The van der Waals surface area contributed by atoms with Gasteiger partial charge in [-0.15, -0.1) is 0 Å². The third-order valence-corrected chi connectivity index (χ3v) is 5.59. The first-order valence-corrected chi connectivity index (χ1v) is 9.17. The lowest BCUT2D eigenvalue weighted by molar-refractivity contribution is 0.413. The largest absolute Gasteiger partial charge is 0.497 e. The minimum absolute atomic E-state index is 0.142. The molecule has 0 radical (unpaired) electrons. The maximum absolute atomic E-state index is 12.9. The molecule has 1 rings (SSSR count). The lowest BCUT2D eigenvalue weighted by atomic mass is 10.1. The third-order valence-electron chi connectivity index (χ3n) is 3.66. The van der Waals surface area contributed by atoms with Crippen molar-refractivity contribution in [1.82, 2.24) is 5.32 Å². The molecule has 0 saturated heterocycles. The summed E-state index contributed by atoms with van der Waals surface area (Å²) in [6, 6.07) is 7.94. The van der Waals surface area contributed by atoms with Gasteiger partial charge in [-0.05, 0) is 44.0 Å². The maximum atomic E-state index is 12.9. The van der Waals surface area contributed by atoms with Gasteiger partial charge in [0.1, 0.15) is 5.75 Å². The Morgan fingerprint density at radius 1 is 1.24 bits per heavy atom. The molecule has 1 N–H and O–H groups in total. The van der Waals surface area contributed by atoms with Gasteiger partial charge in [0.2, 0.25) is 0 Å². The Bertz CT molecular complexity index is 437. The zero-order chi connectivity index (χ0) is 15.7. The normalized spacial score (nSPS) is 15.4. The van der Waals surface area contributed by atoms with Crippen LogP contribution < -0.4 is 10.1 Å². The van der Waals surface area contributed by atoms with Crippen LogP contribution in [0.1, 0.15) is 46.5 Å². The predicted octanol–water partition coefficient (Wildman–Crippen LogP) is 3.75. The first kappa shape index (κ1) is 18.2. The Kier molecular flexibility index (Phi) is 8.62. The van der Waals surface area contributed by atoms with Gasteiger partial charge in [-0.1, -0.05) is 33.3 Å². The van der Waals surface area contributed by atoms with Crippen molar-refractivity contribution in [2.45, 2.75) is 62.6 Å². The van der Waals surface area contributed by atoms with Crippen LogP contribution in [0.2, 0.25) is 0 Å². The zero-order valence-corrected chi connectivity index (χ0v) is 14.5. The summed E-state index contributed by atoms with van der Waals surface area (Å²) in [4.78, 5) is 0.862. The number of nitrogens with one attached hydrogen (secondary N) is 1. The molecular formula is C17H29NO2S. The quantitative estimate of drug-likeness (QED) is 0.715. The average Bonchev–Trinajstić information content (AvgIpc) is 2.53. The van der Waals surface area contributed by atoms with Gasteiger partial charge in [0.25, 0.3) is 0 Å². The standard InChI is InChI=1S/C17H29NO2S/c1-5-9-16(18-12-6-2)17(7-3)21(19)15-11-8-10-14(13-15)20-4/h8,10-11,13,16-18H,5-7,9,12H2,1-4H3. The first-order valence-electron chi connectivity index (χ1n) is 7.95. The van der Waals surface area contributed by atoms with Crippen LogP contribution >= 0.6 is 0 Å². The lowest BCUT2D eigenvalue weighted by Gasteiger charge is -2.26. The van der Waals surface area contributed by atoms with Crippen molar-refractivity contribution in [2.75, 3.05) is 13.7 Å². The van der Waals surface area contributed by atoms with E-state index in [1.165, 1.54) is 0 Å². The smallest absolute Gasteiger partial charge is 0.120 e. The minimum Gasteiger partial charge on any atom is -0.497 e. The summed E-state index contributed by atoms with van der Waals surface area (Å²) in [5.41, 5.74) is 0. The van der Waals surface area contributed by atoms with Crippen LogP contribution in [0.15, 0.2) is 29.2 Å². The first-order chi connectivity index (χ1) is 10.2. The summed E-state index contributed by atoms with van der Waals surface area (Å²) >= 11 is 0. The van der Waals surface area contributed by atoms with E-state index >= 15 is 0 Å². The number of rotatable bonds is 10. The van der Waals surface area contributed by atoms with Crippen molar-refractivity contribution in [1.29, 1.82) is 0 Å². The summed E-state index contributed by atoms with van der Waals surface area (Å²) in [7, 11) is 0.630. The monoisotopic (exact) mass is 311 g/mol. The van der Waals surface area contributed by atoms with E-state index in [1.54, 1.807) is 7.11 Å². The molecule has 0 amide bonds. The van der Waals surface area contributed by atoms with Crippen molar-refractivity contribution < 1.29 is 8.95 Å². The van der Waals surface area contributed by atoms with E-state index < -0.39 is 10.8 Å². The second kappa shape index (κ2) is 9.96. The zero-order valence-electron chi connectivity index (χ0n) is 13.7. The van der Waals surface area contributed by atoms with Crippen LogP contribution in [0.5, 0.6) is 5.75 Å². The highest BCUT2D eigenvalue weighted by Gasteiger charge is 2.25. The van der Waals surface area contributed by atoms with Gasteiger partial charge >= 0.3 is 0 Å². The highest BCUT2D eigenvalue weighted by molar-refractivity contribution is 7.85. The van der Waals surface area contributed by atoms with Gasteiger partial charge < -0.3 is 10.1 Å². The van der Waals surface area contributed by atoms with Crippen molar-refractivity contribution >= 4 is 10.8 Å². The van der Waals surface area contributed by atoms with E-state index in [9.17, 15) is 4.21 Å². The van der Waals surface area contributed by atoms with Crippen LogP contribution in [0.4, 0.5) is 0 Å². The Balaban J connectivity index is 2.91. The SMILES string of the molecule is CCCNC(CCC)C(CC)S(=O)c1cccc(OC)c1. The Morgan fingerprint density at radius 3 is 2.57 bits per heavy atom. The molecule has 1 aromatic rings. The van der Waals surface area contributed by atoms with Crippen LogP contribution in [-0.2, 0) is 10.8 Å². The Labute approximate surface area is 131 Å². The van der Waals surface area contributed by atoms with Gasteiger partial charge in [0.15, 0.2) is 0 Å². The summed E-state index contributed by atoms with van der Waals surface area (Å²) < 4.78 is 18.2.